The third-order valence-electron chi connectivity index (χ3n) is 20.5. The zero-order valence-electron chi connectivity index (χ0n) is 63.1. The fraction of sp³-hybridized carbons (Fsp3) is 0.964. The summed E-state index contributed by atoms with van der Waals surface area (Å²) < 4.78 is 20.2. The van der Waals surface area contributed by atoms with Crippen LogP contribution >= 0.6 is 37.9 Å². The number of carbonyl (C=O) groups is 3. The Morgan fingerprint density at radius 1 is 0.215 bits per heavy atom. The van der Waals surface area contributed by atoms with E-state index in [1.807, 2.05) is 0 Å². The molecule has 0 aromatic heterocycles. The number of hydrogen-bond donors (Lipinski definition) is 3. The summed E-state index contributed by atoms with van der Waals surface area (Å²) in [6, 6.07) is 0. The molecule has 0 heterocycles. The van der Waals surface area contributed by atoms with E-state index < -0.39 is 55.3 Å². The van der Waals surface area contributed by atoms with Gasteiger partial charge in [0.25, 0.3) is 0 Å². The molecule has 3 unspecified atom stereocenters. The normalized spacial score (nSPS) is 13.3. The van der Waals surface area contributed by atoms with Gasteiger partial charge in [0.15, 0.2) is 0 Å². The second kappa shape index (κ2) is 76.4. The van der Waals surface area contributed by atoms with Crippen molar-refractivity contribution in [3.05, 3.63) is 0 Å². The van der Waals surface area contributed by atoms with Crippen LogP contribution in [0.3, 0.4) is 0 Å². The minimum Gasteiger partial charge on any atom is -0.0654 e. The van der Waals surface area contributed by atoms with Crippen molar-refractivity contribution in [2.24, 2.45) is 17.8 Å². The zero-order chi connectivity index (χ0) is 67.7. The maximum atomic E-state index is 14.5. The molecule has 0 rings (SSSR count). The van der Waals surface area contributed by atoms with Crippen LogP contribution in [0.15, 0.2) is 0 Å². The van der Waals surface area contributed by atoms with Crippen molar-refractivity contribution in [1.82, 2.24) is 0 Å². The van der Waals surface area contributed by atoms with Crippen molar-refractivity contribution in [3.8, 4) is 0 Å². The van der Waals surface area contributed by atoms with E-state index in [1.165, 1.54) is 353 Å². The van der Waals surface area contributed by atoms with Gasteiger partial charge in [-0.15, -0.1) is 0 Å². The van der Waals surface area contributed by atoms with Crippen LogP contribution in [0, 0.1) is 17.8 Å². The van der Waals surface area contributed by atoms with Gasteiger partial charge in [-0.3, -0.25) is 0 Å². The molecule has 0 aliphatic heterocycles. The van der Waals surface area contributed by atoms with Gasteiger partial charge in [-0.05, 0) is 0 Å². The fourth-order valence-electron chi connectivity index (χ4n) is 13.8. The molecule has 10 heteroatoms. The molecule has 554 valence electrons. The van der Waals surface area contributed by atoms with Crippen molar-refractivity contribution in [3.63, 3.8) is 0 Å². The standard InChI is InChI=1S/3C25H50O2S.C8H17.Sn/c3*1-2-3-4-5-6-7-8-9-10-11-12-13-14-15-16-17-18-19-20-21-22-24(23-28)25(26)27;1-3-5-7-8-6-4-2;/h3*24,28H,2-23H2,1H3,(H,26,27);1,3-8H2,2H3;/q;;;;+3/p-3. The average molecular weight is 1470 g/mol. The molecule has 6 nitrogen and oxygen atoms in total. The first-order valence-corrected chi connectivity index (χ1v) is 49.7. The van der Waals surface area contributed by atoms with Crippen LogP contribution in [-0.4, -0.2) is 54.8 Å². The molecule has 0 fully saturated rings. The number of unbranched alkanes of at least 4 members (excludes halogenated alkanes) is 62. The Bertz CT molecular complexity index is 1360. The second-order valence-corrected chi connectivity index (χ2v) is 37.8. The maximum absolute atomic E-state index is 14.5. The van der Waals surface area contributed by atoms with Crippen LogP contribution < -0.4 is 0 Å². The van der Waals surface area contributed by atoms with Crippen LogP contribution in [0.5, 0.6) is 0 Å². The molecule has 0 radical (unpaired) electrons. The molecule has 0 aromatic carbocycles. The first-order valence-electron chi connectivity index (χ1n) is 42.3. The predicted octanol–water partition coefficient (Wildman–Crippen LogP) is 29.2. The number of thiol groups is 3. The van der Waals surface area contributed by atoms with Crippen LogP contribution in [0.25, 0.3) is 0 Å². The van der Waals surface area contributed by atoms with Gasteiger partial charge in [0.2, 0.25) is 0 Å². The Balaban J connectivity index is 5.46. The zero-order valence-corrected chi connectivity index (χ0v) is 68.7. The van der Waals surface area contributed by atoms with Gasteiger partial charge in [-0.25, -0.2) is 0 Å². The molecule has 0 N–H and O–H groups in total. The third-order valence-corrected chi connectivity index (χ3v) is 28.9. The first kappa shape index (κ1) is 93.3. The topological polar surface area (TPSA) is 78.9 Å². The van der Waals surface area contributed by atoms with Crippen molar-refractivity contribution in [1.29, 1.82) is 0 Å². The van der Waals surface area contributed by atoms with Crippen molar-refractivity contribution in [2.75, 3.05) is 17.3 Å². The van der Waals surface area contributed by atoms with Gasteiger partial charge in [0, 0.05) is 0 Å². The van der Waals surface area contributed by atoms with E-state index in [0.29, 0.717) is 47.4 Å². The SMILES string of the molecule is CCCCCCCCCCCCCCCCCCCCCCC(CS)C(=O)[O][Sn]([CH2]CCCCCCC)([O]C(=O)C(CS)CCCCCCCCCCCCCCCCCCCCCC)[O]C(=O)C(CS)CCCCCCCCCCCCCCCCCCCCCC. The summed E-state index contributed by atoms with van der Waals surface area (Å²) in [6.07, 6.45) is 87.8. The Morgan fingerprint density at radius 2 is 0.344 bits per heavy atom. The quantitative estimate of drug-likeness (QED) is 0.0320. The summed E-state index contributed by atoms with van der Waals surface area (Å²) in [5.41, 5.74) is 0. The summed E-state index contributed by atoms with van der Waals surface area (Å²) in [5.74, 6) is -1.54. The number of carbonyl (C=O) groups excluding carboxylic acids is 3. The summed E-state index contributed by atoms with van der Waals surface area (Å²) >= 11 is 8.85. The summed E-state index contributed by atoms with van der Waals surface area (Å²) in [6.45, 7) is 9.11. The Kier molecular flexibility index (Phi) is 76.7. The molecule has 93 heavy (non-hydrogen) atoms. The molecule has 0 bridgehead atoms. The smallest absolute Gasteiger partial charge is 0.0654 e. The summed E-state index contributed by atoms with van der Waals surface area (Å²) in [5, 5.41) is 0. The molecule has 0 spiro atoms. The van der Waals surface area contributed by atoms with Crippen molar-refractivity contribution >= 4 is 75.4 Å². The van der Waals surface area contributed by atoms with E-state index in [4.69, 9.17) is 47.1 Å². The van der Waals surface area contributed by atoms with Gasteiger partial charge < -0.3 is 0 Å². The number of rotatable bonds is 79. The molecule has 0 saturated heterocycles. The first-order chi connectivity index (χ1) is 45.8. The van der Waals surface area contributed by atoms with E-state index in [0.717, 1.165) is 64.2 Å². The monoisotopic (exact) mass is 1470 g/mol. The number of hydrogen-bond acceptors (Lipinski definition) is 9. The fourth-order valence-corrected chi connectivity index (χ4v) is 22.1. The van der Waals surface area contributed by atoms with Gasteiger partial charge in [0.05, 0.1) is 0 Å². The molecule has 0 aromatic rings. The van der Waals surface area contributed by atoms with Gasteiger partial charge >= 0.3 is 357 Å². The van der Waals surface area contributed by atoms with E-state index in [2.05, 4.69) is 27.7 Å². The Labute approximate surface area is 604 Å². The molecular formula is C83H164O6S3Sn. The molecule has 0 aliphatic rings. The Hall–Kier alpha value is 0.259. The van der Waals surface area contributed by atoms with E-state index in [-0.39, 0.29) is 0 Å². The van der Waals surface area contributed by atoms with Crippen molar-refractivity contribution < 1.29 is 23.6 Å². The average Bonchev–Trinajstić information content (AvgIpc) is 0.996. The van der Waals surface area contributed by atoms with Gasteiger partial charge in [-0.2, -0.15) is 0 Å². The minimum absolute atomic E-state index is 0.319. The predicted molar refractivity (Wildman–Crippen MR) is 422 cm³/mol. The minimum atomic E-state index is -5.30. The molecule has 0 amide bonds. The van der Waals surface area contributed by atoms with Crippen LogP contribution in [-0.2, 0) is 23.6 Å². The van der Waals surface area contributed by atoms with E-state index >= 15 is 0 Å². The molecule has 0 saturated carbocycles. The third kappa shape index (κ3) is 64.1. The van der Waals surface area contributed by atoms with Crippen LogP contribution in [0.2, 0.25) is 4.44 Å². The van der Waals surface area contributed by atoms with Crippen LogP contribution in [0.4, 0.5) is 0 Å². The van der Waals surface area contributed by atoms with E-state index in [9.17, 15) is 14.4 Å². The summed E-state index contributed by atoms with van der Waals surface area (Å²) in [7, 11) is 0. The summed E-state index contributed by atoms with van der Waals surface area (Å²) in [4.78, 5) is 43.6. The molecular weight excluding hydrogens is 1310 g/mol. The van der Waals surface area contributed by atoms with Crippen molar-refractivity contribution in [2.45, 2.75) is 475 Å². The molecule has 0 aliphatic carbocycles. The second-order valence-electron chi connectivity index (χ2n) is 29.6. The van der Waals surface area contributed by atoms with E-state index in [1.54, 1.807) is 0 Å². The Morgan fingerprint density at radius 3 is 0.484 bits per heavy atom. The van der Waals surface area contributed by atoms with Gasteiger partial charge in [0.1, 0.15) is 0 Å². The van der Waals surface area contributed by atoms with Gasteiger partial charge in [-0.1, -0.05) is 252 Å². The molecule has 3 atom stereocenters. The van der Waals surface area contributed by atoms with Crippen LogP contribution in [0.1, 0.15) is 471 Å².